The number of phenolic OH excluding ortho intramolecular Hbond substituents is 1. The molecule has 0 amide bonds. The number of nitrogens with one attached hydrogen (secondary N) is 1. The van der Waals surface area contributed by atoms with Gasteiger partial charge in [0, 0.05) is 28.2 Å². The molecule has 6 heteroatoms. The van der Waals surface area contributed by atoms with Crippen LogP contribution in [0.25, 0.3) is 0 Å². The second-order valence-electron chi connectivity index (χ2n) is 7.08. The molecule has 2 unspecified atom stereocenters. The lowest BCUT2D eigenvalue weighted by molar-refractivity contribution is 0.0600. The van der Waals surface area contributed by atoms with Crippen LogP contribution < -0.4 is 5.32 Å². The van der Waals surface area contributed by atoms with Gasteiger partial charge in [-0.1, -0.05) is 58.4 Å². The van der Waals surface area contributed by atoms with Gasteiger partial charge in [0.05, 0.1) is 12.7 Å². The van der Waals surface area contributed by atoms with Gasteiger partial charge in [0.15, 0.2) is 0 Å². The molecular weight excluding hydrogens is 444 g/mol. The van der Waals surface area contributed by atoms with E-state index in [9.17, 15) is 9.90 Å². The third-order valence-electron chi connectivity index (χ3n) is 5.18. The molecule has 1 heterocycles. The minimum absolute atomic E-state index is 0.104. The number of benzene rings is 3. The minimum Gasteiger partial charge on any atom is -0.508 e. The molecule has 0 saturated carbocycles. The smallest absolute Gasteiger partial charge is 0.337 e. The van der Waals surface area contributed by atoms with E-state index in [1.807, 2.05) is 54.6 Å². The summed E-state index contributed by atoms with van der Waals surface area (Å²) in [6.45, 7) is 0. The van der Waals surface area contributed by atoms with Crippen LogP contribution >= 0.6 is 15.9 Å². The second kappa shape index (κ2) is 8.81. The lowest BCUT2D eigenvalue weighted by Crippen LogP contribution is -2.33. The fourth-order valence-corrected chi connectivity index (χ4v) is 3.86. The van der Waals surface area contributed by atoms with E-state index < -0.39 is 0 Å². The van der Waals surface area contributed by atoms with Crippen molar-refractivity contribution >= 4 is 27.6 Å². The molecule has 0 aromatic heterocycles. The molecular formula is C24H21BrN2O3. The Labute approximate surface area is 183 Å². The van der Waals surface area contributed by atoms with Crippen LogP contribution in [-0.4, -0.2) is 23.9 Å². The molecule has 3 aromatic carbocycles. The van der Waals surface area contributed by atoms with Gasteiger partial charge in [-0.3, -0.25) is 10.3 Å². The van der Waals surface area contributed by atoms with Gasteiger partial charge < -0.3 is 9.84 Å². The Bertz CT molecular complexity index is 1080. The Hall–Kier alpha value is -2.96. The zero-order valence-corrected chi connectivity index (χ0v) is 18.0. The van der Waals surface area contributed by atoms with E-state index >= 15 is 0 Å². The summed E-state index contributed by atoms with van der Waals surface area (Å²) in [5, 5.41) is 13.9. The van der Waals surface area contributed by atoms with E-state index in [0.717, 1.165) is 26.9 Å². The van der Waals surface area contributed by atoms with Crippen LogP contribution in [0.3, 0.4) is 0 Å². The van der Waals surface area contributed by atoms with Crippen LogP contribution in [0, 0.1) is 0 Å². The second-order valence-corrected chi connectivity index (χ2v) is 8.00. The average molecular weight is 465 g/mol. The molecule has 5 nitrogen and oxygen atoms in total. The van der Waals surface area contributed by atoms with Gasteiger partial charge in [-0.05, 0) is 41.5 Å². The molecule has 0 radical (unpaired) electrons. The number of methoxy groups -OCH3 is 1. The molecule has 1 aliphatic heterocycles. The fraction of sp³-hybridized carbons (Fsp3) is 0.167. The van der Waals surface area contributed by atoms with Crippen LogP contribution in [0.2, 0.25) is 0 Å². The summed E-state index contributed by atoms with van der Waals surface area (Å²) in [5.74, 6) is -0.115. The standard InChI is InChI=1S/C24H21BrN2O3/c1-30-24(29)17-8-6-16(7-9-17)23-26-20(15-10-12-18(25)13-11-15)14-21(27-23)19-4-2-3-5-22(19)28/h2-13,21,23,27-28H,14H2,1H3. The summed E-state index contributed by atoms with van der Waals surface area (Å²) in [5.41, 5.74) is 4.25. The van der Waals surface area contributed by atoms with E-state index in [-0.39, 0.29) is 23.9 Å². The van der Waals surface area contributed by atoms with Gasteiger partial charge in [-0.25, -0.2) is 4.79 Å². The molecule has 4 rings (SSSR count). The molecule has 0 fully saturated rings. The number of para-hydroxylation sites is 1. The van der Waals surface area contributed by atoms with E-state index in [2.05, 4.69) is 21.2 Å². The van der Waals surface area contributed by atoms with Gasteiger partial charge in [-0.15, -0.1) is 0 Å². The highest BCUT2D eigenvalue weighted by Crippen LogP contribution is 2.34. The largest absolute Gasteiger partial charge is 0.508 e. The van der Waals surface area contributed by atoms with E-state index in [1.54, 1.807) is 18.2 Å². The molecule has 0 saturated heterocycles. The van der Waals surface area contributed by atoms with Gasteiger partial charge >= 0.3 is 5.97 Å². The Morgan fingerprint density at radius 2 is 1.77 bits per heavy atom. The number of phenols is 1. The van der Waals surface area contributed by atoms with E-state index in [0.29, 0.717) is 12.0 Å². The lowest BCUT2D eigenvalue weighted by Gasteiger charge is -2.31. The Morgan fingerprint density at radius 3 is 2.43 bits per heavy atom. The van der Waals surface area contributed by atoms with Crippen molar-refractivity contribution in [1.29, 1.82) is 0 Å². The zero-order chi connectivity index (χ0) is 21.1. The summed E-state index contributed by atoms with van der Waals surface area (Å²) >= 11 is 3.48. The summed E-state index contributed by atoms with van der Waals surface area (Å²) in [4.78, 5) is 16.7. The maximum atomic E-state index is 11.7. The van der Waals surface area contributed by atoms with Crippen LogP contribution in [0.5, 0.6) is 5.75 Å². The number of esters is 1. The van der Waals surface area contributed by atoms with Gasteiger partial charge in [0.1, 0.15) is 11.9 Å². The van der Waals surface area contributed by atoms with Crippen molar-refractivity contribution in [2.24, 2.45) is 4.99 Å². The van der Waals surface area contributed by atoms with E-state index in [4.69, 9.17) is 9.73 Å². The van der Waals surface area contributed by atoms with Crippen molar-refractivity contribution in [1.82, 2.24) is 5.32 Å². The quantitative estimate of drug-likeness (QED) is 0.522. The number of carbonyl (C=O) groups is 1. The molecule has 30 heavy (non-hydrogen) atoms. The molecule has 152 valence electrons. The molecule has 1 aliphatic rings. The number of hydrogen-bond donors (Lipinski definition) is 2. The molecule has 3 aromatic rings. The number of carbonyl (C=O) groups excluding carboxylic acids is 1. The zero-order valence-electron chi connectivity index (χ0n) is 16.4. The van der Waals surface area contributed by atoms with Crippen molar-refractivity contribution in [3.05, 3.63) is 99.5 Å². The number of aliphatic imine (C=N–C) groups is 1. The third kappa shape index (κ3) is 4.30. The lowest BCUT2D eigenvalue weighted by atomic mass is 9.93. The molecule has 2 N–H and O–H groups in total. The first-order valence-electron chi connectivity index (χ1n) is 9.60. The summed E-state index contributed by atoms with van der Waals surface area (Å²) in [6.07, 6.45) is 0.337. The molecule has 2 atom stereocenters. The average Bonchev–Trinajstić information content (AvgIpc) is 2.79. The first kappa shape index (κ1) is 20.3. The van der Waals surface area contributed by atoms with E-state index in [1.165, 1.54) is 7.11 Å². The highest BCUT2D eigenvalue weighted by atomic mass is 79.9. The van der Waals surface area contributed by atoms with Crippen molar-refractivity contribution in [3.8, 4) is 5.75 Å². The first-order valence-corrected chi connectivity index (χ1v) is 10.4. The van der Waals surface area contributed by atoms with Crippen LogP contribution in [0.1, 0.15) is 45.7 Å². The molecule has 0 aliphatic carbocycles. The Balaban J connectivity index is 1.71. The predicted octanol–water partition coefficient (Wildman–Crippen LogP) is 5.16. The van der Waals surface area contributed by atoms with Gasteiger partial charge in [0.25, 0.3) is 0 Å². The van der Waals surface area contributed by atoms with Crippen LogP contribution in [-0.2, 0) is 4.74 Å². The number of halogens is 1. The summed E-state index contributed by atoms with van der Waals surface area (Å²) < 4.78 is 5.79. The SMILES string of the molecule is COC(=O)c1ccc(C2N=C(c3ccc(Br)cc3)CC(c3ccccc3O)N2)cc1. The van der Waals surface area contributed by atoms with Crippen molar-refractivity contribution in [2.45, 2.75) is 18.6 Å². The molecule has 0 bridgehead atoms. The summed E-state index contributed by atoms with van der Waals surface area (Å²) in [6, 6.07) is 22.5. The highest BCUT2D eigenvalue weighted by Gasteiger charge is 2.27. The van der Waals surface area contributed by atoms with Gasteiger partial charge in [0.2, 0.25) is 0 Å². The predicted molar refractivity (Wildman–Crippen MR) is 120 cm³/mol. The number of aromatic hydroxyl groups is 1. The first-order chi connectivity index (χ1) is 14.5. The van der Waals surface area contributed by atoms with Crippen molar-refractivity contribution in [3.63, 3.8) is 0 Å². The van der Waals surface area contributed by atoms with Crippen LogP contribution in [0.15, 0.2) is 82.3 Å². The van der Waals surface area contributed by atoms with Crippen molar-refractivity contribution in [2.75, 3.05) is 7.11 Å². The van der Waals surface area contributed by atoms with Gasteiger partial charge in [-0.2, -0.15) is 0 Å². The topological polar surface area (TPSA) is 70.9 Å². The maximum absolute atomic E-state index is 11.7. The Morgan fingerprint density at radius 1 is 1.07 bits per heavy atom. The number of hydrogen-bond acceptors (Lipinski definition) is 5. The monoisotopic (exact) mass is 464 g/mol. The summed E-state index contributed by atoms with van der Waals surface area (Å²) in [7, 11) is 1.37. The minimum atomic E-state index is -0.371. The van der Waals surface area contributed by atoms with Crippen molar-refractivity contribution < 1.29 is 14.6 Å². The van der Waals surface area contributed by atoms with Crippen LogP contribution in [0.4, 0.5) is 0 Å². The molecule has 0 spiro atoms. The normalized spacial score (nSPS) is 18.5. The number of ether oxygens (including phenoxy) is 1. The Kier molecular flexibility index (Phi) is 5.97. The number of rotatable bonds is 4. The fourth-order valence-electron chi connectivity index (χ4n) is 3.60. The number of nitrogens with zero attached hydrogens (tertiary/aromatic N) is 1. The third-order valence-corrected chi connectivity index (χ3v) is 5.71. The maximum Gasteiger partial charge on any atom is 0.337 e. The highest BCUT2D eigenvalue weighted by molar-refractivity contribution is 9.10.